The van der Waals surface area contributed by atoms with Crippen molar-refractivity contribution in [2.24, 2.45) is 7.05 Å². The number of pyridine rings is 1. The molecule has 4 heterocycles. The van der Waals surface area contributed by atoms with Gasteiger partial charge in [0.25, 0.3) is 0 Å². The number of hydrogen-bond acceptors (Lipinski definition) is 4. The van der Waals surface area contributed by atoms with E-state index in [0.717, 1.165) is 23.6 Å². The van der Waals surface area contributed by atoms with Crippen LogP contribution < -0.4 is 10.6 Å². The molecule has 0 aromatic carbocycles. The Balaban J connectivity index is 1.55. The largest absolute Gasteiger partial charge is 0.345 e. The lowest BCUT2D eigenvalue weighted by Crippen LogP contribution is -2.49. The van der Waals surface area contributed by atoms with Gasteiger partial charge in [0.05, 0.1) is 0 Å². The molecule has 1 aliphatic heterocycles. The average molecular weight is 324 g/mol. The summed E-state index contributed by atoms with van der Waals surface area (Å²) in [6, 6.07) is 6.11. The van der Waals surface area contributed by atoms with Crippen molar-refractivity contribution in [3.8, 4) is 0 Å². The summed E-state index contributed by atoms with van der Waals surface area (Å²) in [4.78, 5) is 20.6. The Morgan fingerprint density at radius 3 is 3.00 bits per heavy atom. The third-order valence-electron chi connectivity index (χ3n) is 4.60. The SMILES string of the molecule is Cn1ccnc1[C@@H]1NC(=O)CC[C@H]1NCc1cccc2nccn12. The van der Waals surface area contributed by atoms with Gasteiger partial charge < -0.3 is 19.6 Å². The van der Waals surface area contributed by atoms with Crippen LogP contribution in [0.1, 0.15) is 30.4 Å². The average Bonchev–Trinajstić information content (AvgIpc) is 3.22. The molecule has 0 unspecified atom stereocenters. The fourth-order valence-corrected chi connectivity index (χ4v) is 3.33. The van der Waals surface area contributed by atoms with E-state index in [-0.39, 0.29) is 18.0 Å². The predicted octanol–water partition coefficient (Wildman–Crippen LogP) is 1.18. The fraction of sp³-hybridized carbons (Fsp3) is 0.353. The molecule has 124 valence electrons. The molecule has 3 aromatic heterocycles. The van der Waals surface area contributed by atoms with Crippen LogP contribution >= 0.6 is 0 Å². The Morgan fingerprint density at radius 1 is 1.29 bits per heavy atom. The Labute approximate surface area is 139 Å². The van der Waals surface area contributed by atoms with Crippen LogP contribution in [-0.2, 0) is 18.4 Å². The van der Waals surface area contributed by atoms with Gasteiger partial charge >= 0.3 is 0 Å². The Morgan fingerprint density at radius 2 is 2.17 bits per heavy atom. The molecule has 3 aromatic rings. The third kappa shape index (κ3) is 2.67. The number of amides is 1. The van der Waals surface area contributed by atoms with Crippen LogP contribution in [0.4, 0.5) is 0 Å². The molecule has 24 heavy (non-hydrogen) atoms. The number of piperidine rings is 1. The second kappa shape index (κ2) is 6.09. The van der Waals surface area contributed by atoms with Crippen LogP contribution in [0.25, 0.3) is 5.65 Å². The summed E-state index contributed by atoms with van der Waals surface area (Å²) in [5.74, 6) is 0.958. The molecule has 1 fully saturated rings. The minimum absolute atomic E-state index is 0.0813. The first kappa shape index (κ1) is 14.9. The van der Waals surface area contributed by atoms with Crippen LogP contribution in [0.5, 0.6) is 0 Å². The summed E-state index contributed by atoms with van der Waals surface area (Å²) in [5, 5.41) is 6.66. The molecule has 2 N–H and O–H groups in total. The Hall–Kier alpha value is -2.67. The van der Waals surface area contributed by atoms with Crippen molar-refractivity contribution in [2.45, 2.75) is 31.5 Å². The van der Waals surface area contributed by atoms with E-state index in [4.69, 9.17) is 0 Å². The molecule has 1 saturated heterocycles. The molecular formula is C17H20N6O. The minimum atomic E-state index is -0.117. The van der Waals surface area contributed by atoms with Crippen molar-refractivity contribution < 1.29 is 4.79 Å². The van der Waals surface area contributed by atoms with Gasteiger partial charge in [-0.3, -0.25) is 4.79 Å². The number of nitrogens with zero attached hydrogens (tertiary/aromatic N) is 4. The van der Waals surface area contributed by atoms with Gasteiger partial charge in [-0.25, -0.2) is 9.97 Å². The van der Waals surface area contributed by atoms with Crippen molar-refractivity contribution >= 4 is 11.6 Å². The lowest BCUT2D eigenvalue weighted by atomic mass is 9.97. The van der Waals surface area contributed by atoms with Gasteiger partial charge in [0.15, 0.2) is 0 Å². The number of rotatable bonds is 4. The van der Waals surface area contributed by atoms with Crippen molar-refractivity contribution in [2.75, 3.05) is 0 Å². The highest BCUT2D eigenvalue weighted by atomic mass is 16.1. The number of aryl methyl sites for hydroxylation is 1. The van der Waals surface area contributed by atoms with Crippen molar-refractivity contribution in [3.05, 3.63) is 54.5 Å². The van der Waals surface area contributed by atoms with Crippen LogP contribution in [0.3, 0.4) is 0 Å². The smallest absolute Gasteiger partial charge is 0.220 e. The normalized spacial score (nSPS) is 21.1. The lowest BCUT2D eigenvalue weighted by Gasteiger charge is -2.32. The molecule has 7 heteroatoms. The number of hydrogen-bond donors (Lipinski definition) is 2. The monoisotopic (exact) mass is 324 g/mol. The maximum atomic E-state index is 11.9. The van der Waals surface area contributed by atoms with E-state index < -0.39 is 0 Å². The van der Waals surface area contributed by atoms with E-state index in [9.17, 15) is 4.79 Å². The third-order valence-corrected chi connectivity index (χ3v) is 4.60. The summed E-state index contributed by atoms with van der Waals surface area (Å²) in [6.07, 6.45) is 8.76. The summed E-state index contributed by atoms with van der Waals surface area (Å²) in [7, 11) is 1.95. The highest BCUT2D eigenvalue weighted by Gasteiger charge is 2.32. The molecule has 1 amide bonds. The highest BCUT2D eigenvalue weighted by Crippen LogP contribution is 2.23. The van der Waals surface area contributed by atoms with Gasteiger partial charge in [0, 0.05) is 56.5 Å². The molecule has 7 nitrogen and oxygen atoms in total. The number of carbonyl (C=O) groups is 1. The van der Waals surface area contributed by atoms with E-state index in [0.29, 0.717) is 13.0 Å². The van der Waals surface area contributed by atoms with Crippen molar-refractivity contribution in [3.63, 3.8) is 0 Å². The minimum Gasteiger partial charge on any atom is -0.345 e. The standard InChI is InChI=1S/C17H20N6O/c1-22-9-7-19-17(22)16-13(5-6-15(24)21-16)20-11-12-3-2-4-14-18-8-10-23(12)14/h2-4,7-10,13,16,20H,5-6,11H2,1H3,(H,21,24)/t13-,16-/m1/s1. The zero-order chi connectivity index (χ0) is 16.5. The van der Waals surface area contributed by atoms with Crippen LogP contribution in [0, 0.1) is 0 Å². The molecule has 4 rings (SSSR count). The van der Waals surface area contributed by atoms with Gasteiger partial charge in [-0.15, -0.1) is 0 Å². The second-order valence-electron chi connectivity index (χ2n) is 6.14. The summed E-state index contributed by atoms with van der Waals surface area (Å²) in [5.41, 5.74) is 2.08. The number of imidazole rings is 2. The van der Waals surface area contributed by atoms with E-state index >= 15 is 0 Å². The first-order valence-electron chi connectivity index (χ1n) is 8.13. The van der Waals surface area contributed by atoms with Gasteiger partial charge in [-0.2, -0.15) is 0 Å². The van der Waals surface area contributed by atoms with Gasteiger partial charge in [0.1, 0.15) is 17.5 Å². The zero-order valence-corrected chi connectivity index (χ0v) is 13.5. The molecule has 0 aliphatic carbocycles. The molecule has 2 atom stereocenters. The predicted molar refractivity (Wildman–Crippen MR) is 89.1 cm³/mol. The number of aromatic nitrogens is 4. The fourth-order valence-electron chi connectivity index (χ4n) is 3.33. The number of carbonyl (C=O) groups excluding carboxylic acids is 1. The maximum Gasteiger partial charge on any atom is 0.220 e. The highest BCUT2D eigenvalue weighted by molar-refractivity contribution is 5.77. The van der Waals surface area contributed by atoms with Crippen LogP contribution in [-0.4, -0.2) is 30.9 Å². The van der Waals surface area contributed by atoms with Crippen molar-refractivity contribution in [1.29, 1.82) is 0 Å². The Bertz CT molecular complexity index is 867. The second-order valence-corrected chi connectivity index (χ2v) is 6.14. The molecule has 0 radical (unpaired) electrons. The number of fused-ring (bicyclic) bond motifs is 1. The first-order valence-corrected chi connectivity index (χ1v) is 8.13. The molecule has 1 aliphatic rings. The van der Waals surface area contributed by atoms with Gasteiger partial charge in [-0.1, -0.05) is 6.07 Å². The summed E-state index contributed by atoms with van der Waals surface area (Å²) in [6.45, 7) is 0.704. The summed E-state index contributed by atoms with van der Waals surface area (Å²) >= 11 is 0. The van der Waals surface area contributed by atoms with Crippen LogP contribution in [0.2, 0.25) is 0 Å². The number of nitrogens with one attached hydrogen (secondary N) is 2. The van der Waals surface area contributed by atoms with Crippen molar-refractivity contribution in [1.82, 2.24) is 29.6 Å². The topological polar surface area (TPSA) is 76.2 Å². The summed E-state index contributed by atoms with van der Waals surface area (Å²) < 4.78 is 4.03. The van der Waals surface area contributed by atoms with Gasteiger partial charge in [-0.05, 0) is 18.6 Å². The van der Waals surface area contributed by atoms with Crippen LogP contribution in [0.15, 0.2) is 43.0 Å². The maximum absolute atomic E-state index is 11.9. The van der Waals surface area contributed by atoms with E-state index in [1.807, 2.05) is 36.1 Å². The van der Waals surface area contributed by atoms with E-state index in [1.54, 1.807) is 12.4 Å². The lowest BCUT2D eigenvalue weighted by molar-refractivity contribution is -0.124. The first-order chi connectivity index (χ1) is 11.7. The molecule has 0 bridgehead atoms. The molecule has 0 spiro atoms. The van der Waals surface area contributed by atoms with E-state index in [1.165, 1.54) is 0 Å². The van der Waals surface area contributed by atoms with Gasteiger partial charge in [0.2, 0.25) is 5.91 Å². The quantitative estimate of drug-likeness (QED) is 0.755. The van der Waals surface area contributed by atoms with E-state index in [2.05, 4.69) is 31.1 Å². The molecule has 0 saturated carbocycles. The molecular weight excluding hydrogens is 304 g/mol. The Kier molecular flexibility index (Phi) is 3.78. The zero-order valence-electron chi connectivity index (χ0n) is 13.5.